The van der Waals surface area contributed by atoms with Crippen LogP contribution in [0.4, 0.5) is 11.4 Å². The van der Waals surface area contributed by atoms with Gasteiger partial charge in [0, 0.05) is 51.4 Å². The van der Waals surface area contributed by atoms with E-state index >= 15 is 0 Å². The summed E-state index contributed by atoms with van der Waals surface area (Å²) in [6.45, 7) is 5.04. The number of amides is 1. The quantitative estimate of drug-likeness (QED) is 0.593. The lowest BCUT2D eigenvalue weighted by molar-refractivity contribution is -0.384. The summed E-state index contributed by atoms with van der Waals surface area (Å²) >= 11 is 0. The van der Waals surface area contributed by atoms with Gasteiger partial charge in [0.2, 0.25) is 5.91 Å². The maximum absolute atomic E-state index is 12.5. The van der Waals surface area contributed by atoms with Gasteiger partial charge in [0.15, 0.2) is 0 Å². The van der Waals surface area contributed by atoms with E-state index < -0.39 is 4.92 Å². The van der Waals surface area contributed by atoms with Gasteiger partial charge < -0.3 is 9.80 Å². The van der Waals surface area contributed by atoms with Gasteiger partial charge in [0.1, 0.15) is 6.07 Å². The van der Waals surface area contributed by atoms with Crippen LogP contribution in [0.1, 0.15) is 31.2 Å². The van der Waals surface area contributed by atoms with Gasteiger partial charge in [0.05, 0.1) is 22.7 Å². The van der Waals surface area contributed by atoms with Crippen molar-refractivity contribution in [3.05, 3.63) is 33.9 Å². The molecule has 0 atom stereocenters. The number of nitrogens with zero attached hydrogens (tertiary/aromatic N) is 5. The van der Waals surface area contributed by atoms with Crippen LogP contribution in [-0.2, 0) is 4.79 Å². The number of benzene rings is 1. The highest BCUT2D eigenvalue weighted by Crippen LogP contribution is 2.26. The number of piperazine rings is 1. The van der Waals surface area contributed by atoms with Crippen molar-refractivity contribution in [3.8, 4) is 6.07 Å². The zero-order valence-corrected chi connectivity index (χ0v) is 15.5. The summed E-state index contributed by atoms with van der Waals surface area (Å²) in [7, 11) is 0. The van der Waals surface area contributed by atoms with Crippen LogP contribution in [0.3, 0.4) is 0 Å². The molecular weight excluding hydrogens is 346 g/mol. The molecule has 0 spiro atoms. The number of likely N-dealkylation sites (tertiary alicyclic amines) is 1. The molecule has 8 nitrogen and oxygen atoms in total. The molecule has 2 fully saturated rings. The maximum Gasteiger partial charge on any atom is 0.270 e. The third kappa shape index (κ3) is 4.74. The fourth-order valence-electron chi connectivity index (χ4n) is 3.76. The zero-order valence-electron chi connectivity index (χ0n) is 15.5. The summed E-state index contributed by atoms with van der Waals surface area (Å²) in [5.74, 6) is 0.207. The molecule has 0 aliphatic carbocycles. The van der Waals surface area contributed by atoms with Crippen LogP contribution in [-0.4, -0.2) is 66.4 Å². The van der Waals surface area contributed by atoms with Gasteiger partial charge in [-0.2, -0.15) is 5.26 Å². The lowest BCUT2D eigenvalue weighted by atomic mass is 10.1. The van der Waals surface area contributed by atoms with Gasteiger partial charge in [-0.3, -0.25) is 19.8 Å². The Labute approximate surface area is 159 Å². The van der Waals surface area contributed by atoms with Crippen molar-refractivity contribution in [2.75, 3.05) is 50.7 Å². The van der Waals surface area contributed by atoms with Crippen LogP contribution < -0.4 is 4.90 Å². The highest BCUT2D eigenvalue weighted by molar-refractivity contribution is 5.78. The predicted molar refractivity (Wildman–Crippen MR) is 102 cm³/mol. The second-order valence-electron chi connectivity index (χ2n) is 7.13. The first-order valence-corrected chi connectivity index (χ1v) is 9.52. The van der Waals surface area contributed by atoms with Crippen molar-refractivity contribution in [3.63, 3.8) is 0 Å². The van der Waals surface area contributed by atoms with Gasteiger partial charge in [-0.05, 0) is 18.9 Å². The molecule has 2 heterocycles. The Bertz CT molecular complexity index is 729. The van der Waals surface area contributed by atoms with E-state index in [2.05, 4.69) is 15.9 Å². The number of nitro benzene ring substituents is 1. The van der Waals surface area contributed by atoms with E-state index in [0.29, 0.717) is 25.2 Å². The van der Waals surface area contributed by atoms with Crippen LogP contribution in [0.25, 0.3) is 0 Å². The van der Waals surface area contributed by atoms with Gasteiger partial charge in [-0.1, -0.05) is 12.8 Å². The molecule has 0 radical (unpaired) electrons. The average Bonchev–Trinajstić information content (AvgIpc) is 2.97. The number of nitro groups is 1. The van der Waals surface area contributed by atoms with Crippen molar-refractivity contribution in [2.45, 2.75) is 25.7 Å². The third-order valence-corrected chi connectivity index (χ3v) is 5.34. The molecule has 2 saturated heterocycles. The van der Waals surface area contributed by atoms with Crippen LogP contribution in [0.15, 0.2) is 18.2 Å². The first-order valence-electron chi connectivity index (χ1n) is 9.52. The molecule has 1 aromatic carbocycles. The number of rotatable bonds is 4. The van der Waals surface area contributed by atoms with Crippen LogP contribution in [0.2, 0.25) is 0 Å². The molecule has 1 amide bonds. The molecule has 0 N–H and O–H groups in total. The number of hydrogen-bond donors (Lipinski definition) is 0. The lowest BCUT2D eigenvalue weighted by Crippen LogP contribution is -2.50. The molecular formula is C19H25N5O3. The number of hydrogen-bond acceptors (Lipinski definition) is 6. The summed E-state index contributed by atoms with van der Waals surface area (Å²) in [6, 6.07) is 6.47. The summed E-state index contributed by atoms with van der Waals surface area (Å²) in [6.07, 6.45) is 4.60. The third-order valence-electron chi connectivity index (χ3n) is 5.34. The summed E-state index contributed by atoms with van der Waals surface area (Å²) in [5, 5.41) is 20.2. The van der Waals surface area contributed by atoms with Crippen molar-refractivity contribution in [2.24, 2.45) is 0 Å². The van der Waals surface area contributed by atoms with Gasteiger partial charge in [-0.15, -0.1) is 0 Å². The van der Waals surface area contributed by atoms with E-state index in [0.717, 1.165) is 44.7 Å². The minimum Gasteiger partial charge on any atom is -0.368 e. The van der Waals surface area contributed by atoms with Crippen LogP contribution in [0.5, 0.6) is 0 Å². The lowest BCUT2D eigenvalue weighted by Gasteiger charge is -2.36. The number of anilines is 1. The molecule has 2 aliphatic heterocycles. The predicted octanol–water partition coefficient (Wildman–Crippen LogP) is 1.99. The fourth-order valence-corrected chi connectivity index (χ4v) is 3.76. The Kier molecular flexibility index (Phi) is 6.24. The van der Waals surface area contributed by atoms with Gasteiger partial charge >= 0.3 is 0 Å². The monoisotopic (exact) mass is 371 g/mol. The normalized spacial score (nSPS) is 18.6. The highest BCUT2D eigenvalue weighted by Gasteiger charge is 2.24. The zero-order chi connectivity index (χ0) is 19.2. The maximum atomic E-state index is 12.5. The number of carbonyl (C=O) groups is 1. The summed E-state index contributed by atoms with van der Waals surface area (Å²) < 4.78 is 0. The van der Waals surface area contributed by atoms with Crippen molar-refractivity contribution < 1.29 is 9.72 Å². The highest BCUT2D eigenvalue weighted by atomic mass is 16.6. The molecule has 0 bridgehead atoms. The van der Waals surface area contributed by atoms with Crippen LogP contribution in [0, 0.1) is 21.4 Å². The van der Waals surface area contributed by atoms with Crippen molar-refractivity contribution >= 4 is 17.3 Å². The SMILES string of the molecule is N#Cc1cc([N+](=O)[O-])ccc1N1CCN(CC(=O)N2CCCCCC2)CC1. The minimum absolute atomic E-state index is 0.0722. The molecule has 27 heavy (non-hydrogen) atoms. The van der Waals surface area contributed by atoms with Crippen molar-refractivity contribution in [1.82, 2.24) is 9.80 Å². The number of non-ortho nitro benzene ring substituents is 1. The Morgan fingerprint density at radius 1 is 1.07 bits per heavy atom. The number of carbonyl (C=O) groups excluding carboxylic acids is 1. The Morgan fingerprint density at radius 3 is 2.33 bits per heavy atom. The average molecular weight is 371 g/mol. The standard InChI is InChI=1S/C19H25N5O3/c20-14-16-13-17(24(26)27)5-6-18(16)22-11-9-21(10-12-22)15-19(25)23-7-3-1-2-4-8-23/h5-6,13H,1-4,7-12,15H2. The molecule has 0 unspecified atom stereocenters. The largest absolute Gasteiger partial charge is 0.368 e. The topological polar surface area (TPSA) is 93.7 Å². The number of nitriles is 1. The first-order chi connectivity index (χ1) is 13.1. The molecule has 1 aromatic rings. The molecule has 144 valence electrons. The smallest absolute Gasteiger partial charge is 0.270 e. The van der Waals surface area contributed by atoms with E-state index in [4.69, 9.17) is 0 Å². The van der Waals surface area contributed by atoms with Gasteiger partial charge in [0.25, 0.3) is 5.69 Å². The Morgan fingerprint density at radius 2 is 1.74 bits per heavy atom. The molecule has 3 rings (SSSR count). The molecule has 8 heteroatoms. The van der Waals surface area contributed by atoms with Crippen LogP contribution >= 0.6 is 0 Å². The van der Waals surface area contributed by atoms with E-state index in [1.807, 2.05) is 4.90 Å². The Balaban J connectivity index is 1.56. The summed E-state index contributed by atoms with van der Waals surface area (Å²) in [5.41, 5.74) is 0.969. The molecule has 2 aliphatic rings. The summed E-state index contributed by atoms with van der Waals surface area (Å²) in [4.78, 5) is 29.1. The molecule has 0 saturated carbocycles. The van der Waals surface area contributed by atoms with Crippen molar-refractivity contribution in [1.29, 1.82) is 5.26 Å². The molecule has 0 aromatic heterocycles. The van der Waals surface area contributed by atoms with E-state index in [1.54, 1.807) is 6.07 Å². The minimum atomic E-state index is -0.489. The van der Waals surface area contributed by atoms with E-state index in [9.17, 15) is 20.2 Å². The Hall–Kier alpha value is -2.66. The van der Waals surface area contributed by atoms with E-state index in [1.165, 1.54) is 25.0 Å². The fraction of sp³-hybridized carbons (Fsp3) is 0.579. The first kappa shape index (κ1) is 19.1. The second-order valence-corrected chi connectivity index (χ2v) is 7.13. The van der Waals surface area contributed by atoms with E-state index in [-0.39, 0.29) is 11.6 Å². The van der Waals surface area contributed by atoms with Gasteiger partial charge in [-0.25, -0.2) is 0 Å². The second kappa shape index (κ2) is 8.82.